The lowest BCUT2D eigenvalue weighted by molar-refractivity contribution is 0.0620. The number of nitrogens with zero attached hydrogens (tertiary/aromatic N) is 6. The van der Waals surface area contributed by atoms with Gasteiger partial charge in [-0.1, -0.05) is 47.7 Å². The molecular formula is C25H26N6OS. The summed E-state index contributed by atoms with van der Waals surface area (Å²) in [6, 6.07) is 18.3. The fourth-order valence-corrected chi connectivity index (χ4v) is 4.93. The molecule has 5 rings (SSSR count). The number of hydrogen-bond acceptors (Lipinski definition) is 6. The van der Waals surface area contributed by atoms with Gasteiger partial charge in [-0.3, -0.25) is 9.69 Å². The number of amides is 1. The van der Waals surface area contributed by atoms with Gasteiger partial charge in [0, 0.05) is 43.7 Å². The van der Waals surface area contributed by atoms with Crippen molar-refractivity contribution in [3.8, 4) is 16.3 Å². The van der Waals surface area contributed by atoms with Gasteiger partial charge in [0.2, 0.25) is 0 Å². The number of carbonyl (C=O) groups is 1. The number of thiazole rings is 1. The normalized spacial score (nSPS) is 14.5. The van der Waals surface area contributed by atoms with E-state index in [-0.39, 0.29) is 5.91 Å². The topological polar surface area (TPSA) is 67.2 Å². The Balaban J connectivity index is 1.20. The zero-order chi connectivity index (χ0) is 22.8. The Bertz CT molecular complexity index is 1260. The molecule has 1 aliphatic rings. The van der Waals surface area contributed by atoms with Crippen molar-refractivity contribution >= 4 is 17.2 Å². The molecule has 3 heterocycles. The van der Waals surface area contributed by atoms with E-state index >= 15 is 0 Å². The van der Waals surface area contributed by atoms with Crippen molar-refractivity contribution in [3.63, 3.8) is 0 Å². The van der Waals surface area contributed by atoms with Crippen LogP contribution in [-0.4, -0.2) is 61.9 Å². The Labute approximate surface area is 197 Å². The fraction of sp³-hybridized carbons (Fsp3) is 0.280. The van der Waals surface area contributed by atoms with Gasteiger partial charge in [-0.05, 0) is 31.5 Å². The van der Waals surface area contributed by atoms with E-state index in [9.17, 15) is 4.79 Å². The van der Waals surface area contributed by atoms with Crippen LogP contribution in [-0.2, 0) is 6.54 Å². The monoisotopic (exact) mass is 458 g/mol. The lowest BCUT2D eigenvalue weighted by Crippen LogP contribution is -2.48. The average Bonchev–Trinajstić information content (AvgIpc) is 3.46. The maximum Gasteiger partial charge on any atom is 0.276 e. The highest BCUT2D eigenvalue weighted by Gasteiger charge is 2.26. The second kappa shape index (κ2) is 9.25. The molecule has 2 aromatic heterocycles. The van der Waals surface area contributed by atoms with E-state index in [1.807, 2.05) is 61.2 Å². The maximum absolute atomic E-state index is 13.1. The molecule has 7 nitrogen and oxygen atoms in total. The number of benzene rings is 2. The molecule has 0 bridgehead atoms. The molecule has 2 aromatic carbocycles. The summed E-state index contributed by atoms with van der Waals surface area (Å²) in [4.78, 5) is 22.2. The molecule has 168 valence electrons. The van der Waals surface area contributed by atoms with Crippen molar-refractivity contribution in [2.24, 2.45) is 0 Å². The molecule has 1 saturated heterocycles. The summed E-state index contributed by atoms with van der Waals surface area (Å²) >= 11 is 1.68. The van der Waals surface area contributed by atoms with Crippen LogP contribution in [0.3, 0.4) is 0 Å². The molecular weight excluding hydrogens is 432 g/mol. The quantitative estimate of drug-likeness (QED) is 0.453. The number of aromatic nitrogens is 4. The van der Waals surface area contributed by atoms with Crippen molar-refractivity contribution in [3.05, 3.63) is 82.6 Å². The summed E-state index contributed by atoms with van der Waals surface area (Å²) in [7, 11) is 0. The van der Waals surface area contributed by atoms with Crippen LogP contribution in [0.25, 0.3) is 16.3 Å². The van der Waals surface area contributed by atoms with Gasteiger partial charge in [0.1, 0.15) is 5.01 Å². The standard InChI is InChI=1S/C25H26N6OS/c1-18-7-6-10-22(15-18)31-19(2)23(27-28-31)25(32)30-13-11-29(12-14-30)16-21-17-33-24(26-21)20-8-4-3-5-9-20/h3-10,15,17H,11-14,16H2,1-2H3. The maximum atomic E-state index is 13.1. The summed E-state index contributed by atoms with van der Waals surface area (Å²) in [6.07, 6.45) is 0. The second-order valence-corrected chi connectivity index (χ2v) is 9.21. The molecule has 33 heavy (non-hydrogen) atoms. The van der Waals surface area contributed by atoms with Crippen molar-refractivity contribution in [1.82, 2.24) is 29.8 Å². The predicted octanol–water partition coefficient (Wildman–Crippen LogP) is 3.97. The van der Waals surface area contributed by atoms with Gasteiger partial charge in [0.05, 0.1) is 17.1 Å². The molecule has 0 saturated carbocycles. The SMILES string of the molecule is Cc1cccc(-n2nnc(C(=O)N3CCN(Cc4csc(-c5ccccc5)n4)CC3)c2C)c1. The molecule has 0 aliphatic carbocycles. The van der Waals surface area contributed by atoms with Gasteiger partial charge >= 0.3 is 0 Å². The summed E-state index contributed by atoms with van der Waals surface area (Å²) in [5.41, 5.74) is 5.49. The third kappa shape index (κ3) is 4.58. The first-order chi connectivity index (χ1) is 16.1. The van der Waals surface area contributed by atoms with Crippen molar-refractivity contribution < 1.29 is 4.79 Å². The highest BCUT2D eigenvalue weighted by Crippen LogP contribution is 2.24. The van der Waals surface area contributed by atoms with Gasteiger partial charge in [0.25, 0.3) is 5.91 Å². The van der Waals surface area contributed by atoms with Gasteiger partial charge in [-0.25, -0.2) is 9.67 Å². The van der Waals surface area contributed by atoms with Crippen molar-refractivity contribution in [2.75, 3.05) is 26.2 Å². The smallest absolute Gasteiger partial charge is 0.276 e. The minimum Gasteiger partial charge on any atom is -0.335 e. The number of hydrogen-bond donors (Lipinski definition) is 0. The van der Waals surface area contributed by atoms with Gasteiger partial charge in [-0.15, -0.1) is 16.4 Å². The minimum atomic E-state index is -0.0499. The number of carbonyl (C=O) groups excluding carboxylic acids is 1. The van der Waals surface area contributed by atoms with Crippen LogP contribution in [0.15, 0.2) is 60.0 Å². The van der Waals surface area contributed by atoms with Crippen LogP contribution in [0.2, 0.25) is 0 Å². The molecule has 0 unspecified atom stereocenters. The van der Waals surface area contributed by atoms with Crippen LogP contribution >= 0.6 is 11.3 Å². The molecule has 1 amide bonds. The lowest BCUT2D eigenvalue weighted by Gasteiger charge is -2.34. The first kappa shape index (κ1) is 21.5. The Morgan fingerprint density at radius 1 is 1.00 bits per heavy atom. The molecule has 0 atom stereocenters. The largest absolute Gasteiger partial charge is 0.335 e. The van der Waals surface area contributed by atoms with Crippen LogP contribution in [0.5, 0.6) is 0 Å². The summed E-state index contributed by atoms with van der Waals surface area (Å²) in [6.45, 7) is 7.71. The summed E-state index contributed by atoms with van der Waals surface area (Å²) in [5, 5.41) is 11.6. The van der Waals surface area contributed by atoms with Crippen LogP contribution < -0.4 is 0 Å². The van der Waals surface area contributed by atoms with Crippen LogP contribution in [0, 0.1) is 13.8 Å². The number of aryl methyl sites for hydroxylation is 1. The predicted molar refractivity (Wildman–Crippen MR) is 130 cm³/mol. The molecule has 0 radical (unpaired) electrons. The minimum absolute atomic E-state index is 0.0499. The zero-order valence-electron chi connectivity index (χ0n) is 18.8. The van der Waals surface area contributed by atoms with Gasteiger partial charge in [0.15, 0.2) is 5.69 Å². The number of rotatable bonds is 5. The average molecular weight is 459 g/mol. The Kier molecular flexibility index (Phi) is 6.02. The molecule has 8 heteroatoms. The molecule has 0 N–H and O–H groups in total. The van der Waals surface area contributed by atoms with E-state index in [4.69, 9.17) is 4.98 Å². The first-order valence-corrected chi connectivity index (χ1v) is 12.0. The highest BCUT2D eigenvalue weighted by molar-refractivity contribution is 7.13. The third-order valence-corrected chi connectivity index (χ3v) is 6.90. The summed E-state index contributed by atoms with van der Waals surface area (Å²) < 4.78 is 1.74. The molecule has 0 spiro atoms. The van der Waals surface area contributed by atoms with Crippen molar-refractivity contribution in [1.29, 1.82) is 0 Å². The molecule has 1 fully saturated rings. The fourth-order valence-electron chi connectivity index (χ4n) is 4.11. The van der Waals surface area contributed by atoms with E-state index in [1.165, 1.54) is 0 Å². The zero-order valence-corrected chi connectivity index (χ0v) is 19.6. The van der Waals surface area contributed by atoms with Gasteiger partial charge in [-0.2, -0.15) is 0 Å². The summed E-state index contributed by atoms with van der Waals surface area (Å²) in [5.74, 6) is -0.0499. The van der Waals surface area contributed by atoms with E-state index < -0.39 is 0 Å². The third-order valence-electron chi connectivity index (χ3n) is 5.96. The van der Waals surface area contributed by atoms with E-state index in [1.54, 1.807) is 16.0 Å². The van der Waals surface area contributed by atoms with Gasteiger partial charge < -0.3 is 4.90 Å². The van der Waals surface area contributed by atoms with E-state index in [2.05, 4.69) is 32.7 Å². The van der Waals surface area contributed by atoms with E-state index in [0.29, 0.717) is 18.8 Å². The van der Waals surface area contributed by atoms with Crippen LogP contribution in [0.4, 0.5) is 0 Å². The number of piperazine rings is 1. The Morgan fingerprint density at radius 3 is 2.55 bits per heavy atom. The van der Waals surface area contributed by atoms with Crippen molar-refractivity contribution in [2.45, 2.75) is 20.4 Å². The van der Waals surface area contributed by atoms with Crippen LogP contribution in [0.1, 0.15) is 27.4 Å². The Hall–Kier alpha value is -3.36. The Morgan fingerprint density at radius 2 is 1.79 bits per heavy atom. The lowest BCUT2D eigenvalue weighted by atomic mass is 10.2. The highest BCUT2D eigenvalue weighted by atomic mass is 32.1. The molecule has 4 aromatic rings. The van der Waals surface area contributed by atoms with E-state index in [0.717, 1.165) is 52.8 Å². The molecule has 1 aliphatic heterocycles. The first-order valence-electron chi connectivity index (χ1n) is 11.1. The second-order valence-electron chi connectivity index (χ2n) is 8.35.